The van der Waals surface area contributed by atoms with Gasteiger partial charge in [0.25, 0.3) is 5.91 Å². The molecule has 0 saturated carbocycles. The lowest BCUT2D eigenvalue weighted by atomic mass is 10.1. The lowest BCUT2D eigenvalue weighted by Crippen LogP contribution is -2.14. The summed E-state index contributed by atoms with van der Waals surface area (Å²) in [6.07, 6.45) is 2.45. The predicted octanol–water partition coefficient (Wildman–Crippen LogP) is 4.65. The van der Waals surface area contributed by atoms with E-state index < -0.39 is 0 Å². The van der Waals surface area contributed by atoms with Crippen molar-refractivity contribution in [1.29, 1.82) is 0 Å². The Morgan fingerprint density at radius 1 is 1.07 bits per heavy atom. The van der Waals surface area contributed by atoms with Crippen molar-refractivity contribution in [2.75, 3.05) is 24.3 Å². The highest BCUT2D eigenvalue weighted by Crippen LogP contribution is 2.17. The van der Waals surface area contributed by atoms with Crippen LogP contribution in [0.2, 0.25) is 5.02 Å². The summed E-state index contributed by atoms with van der Waals surface area (Å²) in [4.78, 5) is 16.6. The van der Waals surface area contributed by atoms with Gasteiger partial charge in [-0.25, -0.2) is 0 Å². The predicted molar refractivity (Wildman–Crippen MR) is 109 cm³/mol. The van der Waals surface area contributed by atoms with Crippen LogP contribution in [0.15, 0.2) is 66.9 Å². The minimum atomic E-state index is -0.265. The molecule has 2 N–H and O–H groups in total. The van der Waals surface area contributed by atoms with E-state index in [-0.39, 0.29) is 5.91 Å². The molecule has 6 heteroatoms. The Morgan fingerprint density at radius 3 is 2.63 bits per heavy atom. The fourth-order valence-electron chi connectivity index (χ4n) is 2.58. The van der Waals surface area contributed by atoms with E-state index in [4.69, 9.17) is 16.3 Å². The van der Waals surface area contributed by atoms with Gasteiger partial charge < -0.3 is 15.4 Å². The Morgan fingerprint density at radius 2 is 1.89 bits per heavy atom. The lowest BCUT2D eigenvalue weighted by molar-refractivity contribution is 0.102. The summed E-state index contributed by atoms with van der Waals surface area (Å²) in [5.74, 6) is 0.468. The molecule has 0 aliphatic heterocycles. The monoisotopic (exact) mass is 381 g/mol. The van der Waals surface area contributed by atoms with Crippen molar-refractivity contribution in [3.8, 4) is 5.75 Å². The summed E-state index contributed by atoms with van der Waals surface area (Å²) in [5, 5.41) is 6.86. The van der Waals surface area contributed by atoms with Crippen LogP contribution in [0.3, 0.4) is 0 Å². The molecule has 0 radical (unpaired) electrons. The molecule has 1 amide bonds. The molecular weight excluding hydrogens is 362 g/mol. The molecule has 0 atom stereocenters. The van der Waals surface area contributed by atoms with Crippen LogP contribution in [0.4, 0.5) is 11.4 Å². The van der Waals surface area contributed by atoms with Gasteiger partial charge in [0.2, 0.25) is 0 Å². The summed E-state index contributed by atoms with van der Waals surface area (Å²) in [5.41, 5.74) is 3.02. The number of pyridine rings is 1. The molecule has 3 aromatic rings. The minimum absolute atomic E-state index is 0.265. The van der Waals surface area contributed by atoms with Crippen molar-refractivity contribution >= 4 is 28.9 Å². The summed E-state index contributed by atoms with van der Waals surface area (Å²) < 4.78 is 5.11. The van der Waals surface area contributed by atoms with Crippen LogP contribution in [0.5, 0.6) is 5.75 Å². The maximum atomic E-state index is 12.4. The number of aromatic nitrogens is 1. The molecule has 1 heterocycles. The molecule has 0 fully saturated rings. The lowest BCUT2D eigenvalue weighted by Gasteiger charge is -2.09. The number of ether oxygens (including phenoxy) is 1. The zero-order chi connectivity index (χ0) is 19.1. The van der Waals surface area contributed by atoms with Crippen molar-refractivity contribution < 1.29 is 9.53 Å². The van der Waals surface area contributed by atoms with Gasteiger partial charge in [0.05, 0.1) is 7.11 Å². The van der Waals surface area contributed by atoms with E-state index in [1.54, 1.807) is 43.6 Å². The van der Waals surface area contributed by atoms with Gasteiger partial charge in [0.1, 0.15) is 11.4 Å². The van der Waals surface area contributed by atoms with Crippen LogP contribution in [-0.4, -0.2) is 24.5 Å². The van der Waals surface area contributed by atoms with Crippen molar-refractivity contribution in [2.24, 2.45) is 0 Å². The van der Waals surface area contributed by atoms with Crippen LogP contribution >= 0.6 is 11.6 Å². The number of methoxy groups -OCH3 is 1. The van der Waals surface area contributed by atoms with Crippen molar-refractivity contribution in [1.82, 2.24) is 4.98 Å². The number of hydrogen-bond donors (Lipinski definition) is 2. The summed E-state index contributed by atoms with van der Waals surface area (Å²) >= 11 is 6.00. The largest absolute Gasteiger partial charge is 0.497 e. The first-order valence-electron chi connectivity index (χ1n) is 8.54. The molecule has 3 rings (SSSR count). The SMILES string of the molecule is COc1ccc(NC(=O)c2cc(NCCc3cccc(Cl)c3)ccn2)cc1. The highest BCUT2D eigenvalue weighted by molar-refractivity contribution is 6.30. The molecule has 0 aliphatic carbocycles. The Bertz CT molecular complexity index is 913. The van der Waals surface area contributed by atoms with Gasteiger partial charge in [-0.3, -0.25) is 9.78 Å². The molecule has 2 aromatic carbocycles. The molecule has 0 unspecified atom stereocenters. The van der Waals surface area contributed by atoms with E-state index in [0.29, 0.717) is 11.4 Å². The normalized spacial score (nSPS) is 10.3. The topological polar surface area (TPSA) is 63.2 Å². The van der Waals surface area contributed by atoms with Crippen molar-refractivity contribution in [3.63, 3.8) is 0 Å². The standard InChI is InChI=1S/C21H20ClN3O2/c1-27-19-7-5-17(6-8-19)25-21(26)20-14-18(10-12-24-20)23-11-9-15-3-2-4-16(22)13-15/h2-8,10,12-14H,9,11H2,1H3,(H,23,24)(H,25,26). The molecular formula is C21H20ClN3O2. The second-order valence-corrected chi connectivity index (χ2v) is 6.36. The molecule has 27 heavy (non-hydrogen) atoms. The number of hydrogen-bond acceptors (Lipinski definition) is 4. The molecule has 1 aromatic heterocycles. The molecule has 0 spiro atoms. The Kier molecular flexibility index (Phi) is 6.28. The number of anilines is 2. The van der Waals surface area contributed by atoms with Gasteiger partial charge in [-0.05, 0) is 60.5 Å². The zero-order valence-electron chi connectivity index (χ0n) is 14.9. The highest BCUT2D eigenvalue weighted by atomic mass is 35.5. The first-order chi connectivity index (χ1) is 13.1. The number of nitrogens with zero attached hydrogens (tertiary/aromatic N) is 1. The van der Waals surface area contributed by atoms with E-state index in [2.05, 4.69) is 15.6 Å². The highest BCUT2D eigenvalue weighted by Gasteiger charge is 2.08. The third-order valence-electron chi connectivity index (χ3n) is 3.97. The Hall–Kier alpha value is -3.05. The first kappa shape index (κ1) is 18.7. The van der Waals surface area contributed by atoms with Crippen LogP contribution in [0, 0.1) is 0 Å². The first-order valence-corrected chi connectivity index (χ1v) is 8.91. The second kappa shape index (κ2) is 9.05. The number of rotatable bonds is 7. The second-order valence-electron chi connectivity index (χ2n) is 5.92. The van der Waals surface area contributed by atoms with Gasteiger partial charge >= 0.3 is 0 Å². The Balaban J connectivity index is 1.58. The van der Waals surface area contributed by atoms with Crippen LogP contribution in [0.25, 0.3) is 0 Å². The maximum absolute atomic E-state index is 12.4. The zero-order valence-corrected chi connectivity index (χ0v) is 15.7. The number of benzene rings is 2. The molecule has 138 valence electrons. The van der Waals surface area contributed by atoms with E-state index in [1.807, 2.05) is 30.3 Å². The van der Waals surface area contributed by atoms with Crippen molar-refractivity contribution in [2.45, 2.75) is 6.42 Å². The van der Waals surface area contributed by atoms with Gasteiger partial charge in [-0.1, -0.05) is 23.7 Å². The molecule has 0 bridgehead atoms. The molecule has 0 saturated heterocycles. The van der Waals surface area contributed by atoms with Crippen LogP contribution in [-0.2, 0) is 6.42 Å². The fourth-order valence-corrected chi connectivity index (χ4v) is 2.79. The molecule has 0 aliphatic rings. The number of halogens is 1. The number of amides is 1. The fraction of sp³-hybridized carbons (Fsp3) is 0.143. The summed E-state index contributed by atoms with van der Waals surface area (Å²) in [6, 6.07) is 18.5. The van der Waals surface area contributed by atoms with Gasteiger partial charge in [-0.15, -0.1) is 0 Å². The maximum Gasteiger partial charge on any atom is 0.274 e. The van der Waals surface area contributed by atoms with E-state index in [0.717, 1.165) is 35.0 Å². The van der Waals surface area contributed by atoms with Crippen molar-refractivity contribution in [3.05, 3.63) is 83.1 Å². The third kappa shape index (κ3) is 5.46. The van der Waals surface area contributed by atoms with Crippen LogP contribution < -0.4 is 15.4 Å². The van der Waals surface area contributed by atoms with E-state index >= 15 is 0 Å². The van der Waals surface area contributed by atoms with Gasteiger partial charge in [0.15, 0.2) is 0 Å². The third-order valence-corrected chi connectivity index (χ3v) is 4.21. The Labute approximate surface area is 163 Å². The van der Waals surface area contributed by atoms with Crippen LogP contribution in [0.1, 0.15) is 16.1 Å². The summed E-state index contributed by atoms with van der Waals surface area (Å²) in [6.45, 7) is 0.726. The minimum Gasteiger partial charge on any atom is -0.497 e. The van der Waals surface area contributed by atoms with Gasteiger partial charge in [0, 0.05) is 29.1 Å². The average molecular weight is 382 g/mol. The quantitative estimate of drug-likeness (QED) is 0.625. The summed E-state index contributed by atoms with van der Waals surface area (Å²) in [7, 11) is 1.60. The number of nitrogens with one attached hydrogen (secondary N) is 2. The number of carbonyl (C=O) groups excluding carboxylic acids is 1. The van der Waals surface area contributed by atoms with E-state index in [9.17, 15) is 4.79 Å². The number of carbonyl (C=O) groups is 1. The smallest absolute Gasteiger partial charge is 0.274 e. The van der Waals surface area contributed by atoms with Gasteiger partial charge in [-0.2, -0.15) is 0 Å². The molecule has 5 nitrogen and oxygen atoms in total. The average Bonchev–Trinajstić information content (AvgIpc) is 2.69. The van der Waals surface area contributed by atoms with E-state index in [1.165, 1.54) is 0 Å².